The molecular weight excluding hydrogens is 166 g/mol. The minimum absolute atomic E-state index is 0.314. The summed E-state index contributed by atoms with van der Waals surface area (Å²) in [5.74, 6) is 1.13. The summed E-state index contributed by atoms with van der Waals surface area (Å²) in [4.78, 5) is 2.25. The van der Waals surface area contributed by atoms with Gasteiger partial charge in [-0.1, -0.05) is 12.1 Å². The molecule has 0 radical (unpaired) electrons. The molecule has 0 aromatic rings. The third-order valence-corrected chi connectivity index (χ3v) is 2.62. The van der Waals surface area contributed by atoms with Crippen molar-refractivity contribution >= 4 is 5.84 Å². The number of hydrogen-bond donors (Lipinski definition) is 2. The van der Waals surface area contributed by atoms with Gasteiger partial charge in [0.1, 0.15) is 0 Å². The van der Waals surface area contributed by atoms with Gasteiger partial charge in [-0.2, -0.15) is 0 Å². The number of hydrogen-bond acceptors (Lipinski definition) is 3. The SMILES string of the molecule is CC1CCCN(CC(N)=NO)CC1. The fourth-order valence-corrected chi connectivity index (χ4v) is 1.74. The molecule has 0 saturated carbocycles. The van der Waals surface area contributed by atoms with Gasteiger partial charge >= 0.3 is 0 Å². The first-order valence-electron chi connectivity index (χ1n) is 4.91. The van der Waals surface area contributed by atoms with E-state index in [1.165, 1.54) is 19.3 Å². The lowest BCUT2D eigenvalue weighted by Gasteiger charge is -2.18. The summed E-state index contributed by atoms with van der Waals surface area (Å²) < 4.78 is 0. The summed E-state index contributed by atoms with van der Waals surface area (Å²) in [5, 5.41) is 11.4. The quantitative estimate of drug-likeness (QED) is 0.290. The van der Waals surface area contributed by atoms with Crippen LogP contribution in [0.1, 0.15) is 26.2 Å². The highest BCUT2D eigenvalue weighted by atomic mass is 16.4. The number of oxime groups is 1. The van der Waals surface area contributed by atoms with Crippen LogP contribution in [0.5, 0.6) is 0 Å². The van der Waals surface area contributed by atoms with E-state index in [0.717, 1.165) is 19.0 Å². The van der Waals surface area contributed by atoms with Crippen LogP contribution < -0.4 is 5.73 Å². The predicted octanol–water partition coefficient (Wildman–Crippen LogP) is 0.855. The molecular formula is C9H19N3O. The molecule has 0 amide bonds. The molecule has 1 unspecified atom stereocenters. The Morgan fingerprint density at radius 1 is 1.54 bits per heavy atom. The van der Waals surface area contributed by atoms with Gasteiger partial charge in [-0.25, -0.2) is 0 Å². The topological polar surface area (TPSA) is 61.8 Å². The molecule has 1 rings (SSSR count). The van der Waals surface area contributed by atoms with Crippen molar-refractivity contribution in [3.8, 4) is 0 Å². The van der Waals surface area contributed by atoms with Gasteiger partial charge in [0.25, 0.3) is 0 Å². The Kier molecular flexibility index (Phi) is 4.02. The van der Waals surface area contributed by atoms with Crippen molar-refractivity contribution in [2.45, 2.75) is 26.2 Å². The van der Waals surface area contributed by atoms with Crippen molar-refractivity contribution in [1.82, 2.24) is 4.90 Å². The Balaban J connectivity index is 2.34. The molecule has 1 fully saturated rings. The van der Waals surface area contributed by atoms with Crippen molar-refractivity contribution in [3.05, 3.63) is 0 Å². The van der Waals surface area contributed by atoms with E-state index in [0.29, 0.717) is 12.4 Å². The largest absolute Gasteiger partial charge is 0.409 e. The average molecular weight is 185 g/mol. The zero-order chi connectivity index (χ0) is 9.68. The highest BCUT2D eigenvalue weighted by Crippen LogP contribution is 2.15. The molecule has 1 heterocycles. The molecule has 0 aromatic carbocycles. The maximum atomic E-state index is 8.42. The van der Waals surface area contributed by atoms with Crippen molar-refractivity contribution in [1.29, 1.82) is 0 Å². The Labute approximate surface area is 79.4 Å². The van der Waals surface area contributed by atoms with E-state index in [2.05, 4.69) is 17.0 Å². The fourth-order valence-electron chi connectivity index (χ4n) is 1.74. The predicted molar refractivity (Wildman–Crippen MR) is 52.9 cm³/mol. The Bertz CT molecular complexity index is 182. The molecule has 3 N–H and O–H groups in total. The van der Waals surface area contributed by atoms with Gasteiger partial charge in [-0.15, -0.1) is 0 Å². The maximum absolute atomic E-state index is 8.42. The normalized spacial score (nSPS) is 27.2. The van der Waals surface area contributed by atoms with Crippen LogP contribution in [0.4, 0.5) is 0 Å². The van der Waals surface area contributed by atoms with E-state index in [1.807, 2.05) is 0 Å². The van der Waals surface area contributed by atoms with Gasteiger partial charge in [0.15, 0.2) is 5.84 Å². The number of nitrogens with zero attached hydrogens (tertiary/aromatic N) is 2. The van der Waals surface area contributed by atoms with Crippen LogP contribution in [0.15, 0.2) is 5.16 Å². The first-order chi connectivity index (χ1) is 6.22. The van der Waals surface area contributed by atoms with Gasteiger partial charge in [0.2, 0.25) is 0 Å². The first kappa shape index (κ1) is 10.3. The molecule has 0 aliphatic carbocycles. The van der Waals surface area contributed by atoms with E-state index in [1.54, 1.807) is 0 Å². The highest BCUT2D eigenvalue weighted by Gasteiger charge is 2.14. The van der Waals surface area contributed by atoms with Crippen LogP contribution in [0.3, 0.4) is 0 Å². The molecule has 13 heavy (non-hydrogen) atoms. The highest BCUT2D eigenvalue weighted by molar-refractivity contribution is 5.81. The van der Waals surface area contributed by atoms with Crippen molar-refractivity contribution in [2.24, 2.45) is 16.8 Å². The van der Waals surface area contributed by atoms with Gasteiger partial charge in [-0.3, -0.25) is 4.90 Å². The minimum atomic E-state index is 0.314. The van der Waals surface area contributed by atoms with E-state index >= 15 is 0 Å². The zero-order valence-corrected chi connectivity index (χ0v) is 8.24. The van der Waals surface area contributed by atoms with Crippen molar-refractivity contribution in [3.63, 3.8) is 0 Å². The summed E-state index contributed by atoms with van der Waals surface area (Å²) in [6.07, 6.45) is 3.74. The van der Waals surface area contributed by atoms with Crippen LogP contribution in [0, 0.1) is 5.92 Å². The third-order valence-electron chi connectivity index (χ3n) is 2.62. The van der Waals surface area contributed by atoms with Crippen LogP contribution in [0.2, 0.25) is 0 Å². The van der Waals surface area contributed by atoms with Crippen LogP contribution in [0.25, 0.3) is 0 Å². The van der Waals surface area contributed by atoms with E-state index in [4.69, 9.17) is 10.9 Å². The number of amidine groups is 1. The molecule has 0 aromatic heterocycles. The number of rotatable bonds is 2. The van der Waals surface area contributed by atoms with E-state index < -0.39 is 0 Å². The molecule has 76 valence electrons. The van der Waals surface area contributed by atoms with Crippen molar-refractivity contribution < 1.29 is 5.21 Å². The summed E-state index contributed by atoms with van der Waals surface area (Å²) in [7, 11) is 0. The fraction of sp³-hybridized carbons (Fsp3) is 0.889. The standard InChI is InChI=1S/C9H19N3O/c1-8-3-2-5-12(6-4-8)7-9(10)11-13/h8,13H,2-7H2,1H3,(H2,10,11). The van der Waals surface area contributed by atoms with Crippen LogP contribution >= 0.6 is 0 Å². The average Bonchev–Trinajstić information content (AvgIpc) is 2.31. The lowest BCUT2D eigenvalue weighted by Crippen LogP contribution is -2.34. The van der Waals surface area contributed by atoms with Gasteiger partial charge in [0.05, 0.1) is 6.54 Å². The molecule has 0 bridgehead atoms. The molecule has 0 spiro atoms. The van der Waals surface area contributed by atoms with Crippen LogP contribution in [-0.4, -0.2) is 35.6 Å². The minimum Gasteiger partial charge on any atom is -0.409 e. The second-order valence-electron chi connectivity index (χ2n) is 3.90. The lowest BCUT2D eigenvalue weighted by molar-refractivity contribution is 0.295. The Morgan fingerprint density at radius 3 is 3.00 bits per heavy atom. The Hall–Kier alpha value is -0.770. The summed E-state index contributed by atoms with van der Waals surface area (Å²) in [6.45, 7) is 5.02. The second-order valence-corrected chi connectivity index (χ2v) is 3.90. The molecule has 1 saturated heterocycles. The van der Waals surface area contributed by atoms with E-state index in [-0.39, 0.29) is 0 Å². The second kappa shape index (κ2) is 5.07. The first-order valence-corrected chi connectivity index (χ1v) is 4.91. The number of nitrogens with two attached hydrogens (primary N) is 1. The lowest BCUT2D eigenvalue weighted by atomic mass is 10.0. The summed E-state index contributed by atoms with van der Waals surface area (Å²) >= 11 is 0. The zero-order valence-electron chi connectivity index (χ0n) is 8.24. The molecule has 4 heteroatoms. The van der Waals surface area contributed by atoms with Crippen molar-refractivity contribution in [2.75, 3.05) is 19.6 Å². The van der Waals surface area contributed by atoms with Crippen LogP contribution in [-0.2, 0) is 0 Å². The molecule has 1 aliphatic rings. The molecule has 1 aliphatic heterocycles. The van der Waals surface area contributed by atoms with Gasteiger partial charge in [-0.05, 0) is 38.3 Å². The summed E-state index contributed by atoms with van der Waals surface area (Å²) in [5.41, 5.74) is 5.45. The van der Waals surface area contributed by atoms with Gasteiger partial charge in [0, 0.05) is 0 Å². The number of likely N-dealkylation sites (tertiary alicyclic amines) is 1. The monoisotopic (exact) mass is 185 g/mol. The summed E-state index contributed by atoms with van der Waals surface area (Å²) in [6, 6.07) is 0. The molecule has 4 nitrogen and oxygen atoms in total. The third kappa shape index (κ3) is 3.63. The Morgan fingerprint density at radius 2 is 2.31 bits per heavy atom. The smallest absolute Gasteiger partial charge is 0.153 e. The molecule has 1 atom stereocenters. The van der Waals surface area contributed by atoms with E-state index in [9.17, 15) is 0 Å². The van der Waals surface area contributed by atoms with Gasteiger partial charge < -0.3 is 10.9 Å². The maximum Gasteiger partial charge on any atom is 0.153 e.